The molecule has 0 aliphatic carbocycles. The van der Waals surface area contributed by atoms with Crippen LogP contribution in [-0.2, 0) is 4.74 Å². The van der Waals surface area contributed by atoms with E-state index in [0.717, 1.165) is 0 Å². The topological polar surface area (TPSA) is 47.6 Å². The number of carbonyl (C=O) groups is 1. The molecule has 80 valence electrons. The molecule has 5 heteroatoms. The molecule has 4 nitrogen and oxygen atoms in total. The SMILES string of the molecule is O=C1NC[C@H](COc2cccc(Cl)c2)O1. The van der Waals surface area contributed by atoms with E-state index in [2.05, 4.69) is 5.32 Å². The summed E-state index contributed by atoms with van der Waals surface area (Å²) in [6.45, 7) is 0.818. The van der Waals surface area contributed by atoms with Gasteiger partial charge < -0.3 is 14.8 Å². The van der Waals surface area contributed by atoms with Gasteiger partial charge in [0.2, 0.25) is 0 Å². The highest BCUT2D eigenvalue weighted by Crippen LogP contribution is 2.17. The number of cyclic esters (lactones) is 1. The molecular weight excluding hydrogens is 218 g/mol. The average molecular weight is 228 g/mol. The molecule has 0 aromatic heterocycles. The normalized spacial score (nSPS) is 19.5. The Morgan fingerprint density at radius 1 is 1.60 bits per heavy atom. The van der Waals surface area contributed by atoms with Crippen LogP contribution in [0.15, 0.2) is 24.3 Å². The fourth-order valence-electron chi connectivity index (χ4n) is 1.27. The Hall–Kier alpha value is -1.42. The van der Waals surface area contributed by atoms with Crippen molar-refractivity contribution in [3.63, 3.8) is 0 Å². The van der Waals surface area contributed by atoms with E-state index in [0.29, 0.717) is 23.9 Å². The summed E-state index contributed by atoms with van der Waals surface area (Å²) >= 11 is 5.79. The number of hydrogen-bond donors (Lipinski definition) is 1. The molecule has 2 rings (SSSR count). The van der Waals surface area contributed by atoms with Gasteiger partial charge >= 0.3 is 6.09 Å². The van der Waals surface area contributed by atoms with Gasteiger partial charge in [-0.05, 0) is 18.2 Å². The Morgan fingerprint density at radius 3 is 3.13 bits per heavy atom. The molecule has 1 aliphatic heterocycles. The van der Waals surface area contributed by atoms with Gasteiger partial charge in [-0.3, -0.25) is 0 Å². The van der Waals surface area contributed by atoms with Gasteiger partial charge in [-0.25, -0.2) is 4.79 Å². The average Bonchev–Trinajstić information content (AvgIpc) is 2.62. The Balaban J connectivity index is 1.85. The summed E-state index contributed by atoms with van der Waals surface area (Å²) in [4.78, 5) is 10.7. The predicted molar refractivity (Wildman–Crippen MR) is 55.2 cm³/mol. The zero-order chi connectivity index (χ0) is 10.7. The molecule has 0 unspecified atom stereocenters. The second-order valence-electron chi connectivity index (χ2n) is 3.18. The molecule has 1 aliphatic rings. The van der Waals surface area contributed by atoms with Gasteiger partial charge in [0, 0.05) is 5.02 Å². The molecule has 1 atom stereocenters. The molecule has 1 heterocycles. The molecule has 0 bridgehead atoms. The van der Waals surface area contributed by atoms with E-state index in [-0.39, 0.29) is 6.10 Å². The number of nitrogens with one attached hydrogen (secondary N) is 1. The minimum absolute atomic E-state index is 0.225. The van der Waals surface area contributed by atoms with Crippen molar-refractivity contribution in [3.05, 3.63) is 29.3 Å². The maximum atomic E-state index is 10.7. The Morgan fingerprint density at radius 2 is 2.47 bits per heavy atom. The van der Waals surface area contributed by atoms with Gasteiger partial charge in [-0.1, -0.05) is 17.7 Å². The summed E-state index contributed by atoms with van der Waals surface area (Å²) < 4.78 is 10.3. The molecule has 1 fully saturated rings. The Kier molecular flexibility index (Phi) is 2.97. The molecule has 1 aromatic carbocycles. The third kappa shape index (κ3) is 2.76. The standard InChI is InChI=1S/C10H10ClNO3/c11-7-2-1-3-8(4-7)14-6-9-5-12-10(13)15-9/h1-4,9H,5-6H2,(H,12,13)/t9-/m1/s1. The number of halogens is 1. The van der Waals surface area contributed by atoms with E-state index < -0.39 is 6.09 Å². The van der Waals surface area contributed by atoms with Crippen LogP contribution in [-0.4, -0.2) is 25.3 Å². The van der Waals surface area contributed by atoms with Crippen molar-refractivity contribution in [1.29, 1.82) is 0 Å². The van der Waals surface area contributed by atoms with Crippen molar-refractivity contribution < 1.29 is 14.3 Å². The third-order valence-corrected chi connectivity index (χ3v) is 2.21. The summed E-state index contributed by atoms with van der Waals surface area (Å²) in [5.41, 5.74) is 0. The summed E-state index contributed by atoms with van der Waals surface area (Å²) in [6, 6.07) is 7.09. The smallest absolute Gasteiger partial charge is 0.407 e. The number of rotatable bonds is 3. The molecule has 1 amide bonds. The van der Waals surface area contributed by atoms with Gasteiger partial charge in [0.25, 0.3) is 0 Å². The highest BCUT2D eigenvalue weighted by atomic mass is 35.5. The molecule has 0 spiro atoms. The van der Waals surface area contributed by atoms with Crippen LogP contribution in [0.1, 0.15) is 0 Å². The number of alkyl carbamates (subject to hydrolysis) is 1. The highest BCUT2D eigenvalue weighted by molar-refractivity contribution is 6.30. The Labute approximate surface area is 92.1 Å². The first-order valence-corrected chi connectivity index (χ1v) is 4.95. The van der Waals surface area contributed by atoms with E-state index in [1.54, 1.807) is 24.3 Å². The van der Waals surface area contributed by atoms with E-state index in [1.165, 1.54) is 0 Å². The first-order chi connectivity index (χ1) is 7.24. The highest BCUT2D eigenvalue weighted by Gasteiger charge is 2.22. The van der Waals surface area contributed by atoms with Gasteiger partial charge in [0.1, 0.15) is 12.4 Å². The number of ether oxygens (including phenoxy) is 2. The lowest BCUT2D eigenvalue weighted by molar-refractivity contribution is 0.105. The monoisotopic (exact) mass is 227 g/mol. The summed E-state index contributed by atoms with van der Waals surface area (Å²) in [5.74, 6) is 0.672. The number of hydrogen-bond acceptors (Lipinski definition) is 3. The lowest BCUT2D eigenvalue weighted by Gasteiger charge is -2.09. The quantitative estimate of drug-likeness (QED) is 0.857. The van der Waals surface area contributed by atoms with Crippen LogP contribution in [0.25, 0.3) is 0 Å². The molecular formula is C10H10ClNO3. The van der Waals surface area contributed by atoms with Crippen LogP contribution in [0.4, 0.5) is 4.79 Å². The summed E-state index contributed by atoms with van der Waals surface area (Å²) in [6.07, 6.45) is -0.619. The molecule has 1 aromatic rings. The number of amides is 1. The maximum absolute atomic E-state index is 10.7. The number of carbonyl (C=O) groups excluding carboxylic acids is 1. The minimum atomic E-state index is -0.394. The molecule has 0 radical (unpaired) electrons. The molecule has 1 N–H and O–H groups in total. The van der Waals surface area contributed by atoms with Crippen molar-refractivity contribution in [1.82, 2.24) is 5.32 Å². The largest absolute Gasteiger partial charge is 0.490 e. The van der Waals surface area contributed by atoms with Gasteiger partial charge in [0.15, 0.2) is 6.10 Å². The first-order valence-electron chi connectivity index (χ1n) is 4.57. The van der Waals surface area contributed by atoms with Crippen molar-refractivity contribution in [3.8, 4) is 5.75 Å². The lowest BCUT2D eigenvalue weighted by atomic mass is 10.3. The van der Waals surface area contributed by atoms with Crippen LogP contribution in [0.2, 0.25) is 5.02 Å². The van der Waals surface area contributed by atoms with Crippen LogP contribution in [0.5, 0.6) is 5.75 Å². The van der Waals surface area contributed by atoms with E-state index in [9.17, 15) is 4.79 Å². The predicted octanol–water partition coefficient (Wildman–Crippen LogP) is 1.83. The van der Waals surface area contributed by atoms with Crippen molar-refractivity contribution >= 4 is 17.7 Å². The second-order valence-corrected chi connectivity index (χ2v) is 3.61. The van der Waals surface area contributed by atoms with E-state index in [1.807, 2.05) is 0 Å². The van der Waals surface area contributed by atoms with Gasteiger partial charge in [-0.15, -0.1) is 0 Å². The van der Waals surface area contributed by atoms with Crippen molar-refractivity contribution in [2.24, 2.45) is 0 Å². The van der Waals surface area contributed by atoms with Gasteiger partial charge in [0.05, 0.1) is 6.54 Å². The molecule has 15 heavy (non-hydrogen) atoms. The first kappa shape index (κ1) is 10.1. The maximum Gasteiger partial charge on any atom is 0.407 e. The lowest BCUT2D eigenvalue weighted by Crippen LogP contribution is -2.21. The van der Waals surface area contributed by atoms with Crippen LogP contribution < -0.4 is 10.1 Å². The fraction of sp³-hybridized carbons (Fsp3) is 0.300. The molecule has 0 saturated carbocycles. The van der Waals surface area contributed by atoms with Crippen molar-refractivity contribution in [2.75, 3.05) is 13.2 Å². The van der Waals surface area contributed by atoms with E-state index in [4.69, 9.17) is 21.1 Å². The zero-order valence-electron chi connectivity index (χ0n) is 7.90. The third-order valence-electron chi connectivity index (χ3n) is 1.98. The minimum Gasteiger partial charge on any atom is -0.490 e. The van der Waals surface area contributed by atoms with Crippen LogP contribution in [0, 0.1) is 0 Å². The van der Waals surface area contributed by atoms with Gasteiger partial charge in [-0.2, -0.15) is 0 Å². The summed E-state index contributed by atoms with van der Waals surface area (Å²) in [5, 5.41) is 3.17. The van der Waals surface area contributed by atoms with Crippen LogP contribution in [0.3, 0.4) is 0 Å². The zero-order valence-corrected chi connectivity index (χ0v) is 8.66. The summed E-state index contributed by atoms with van der Waals surface area (Å²) in [7, 11) is 0. The van der Waals surface area contributed by atoms with Crippen LogP contribution >= 0.6 is 11.6 Å². The van der Waals surface area contributed by atoms with E-state index >= 15 is 0 Å². The number of benzene rings is 1. The second kappa shape index (κ2) is 4.40. The fourth-order valence-corrected chi connectivity index (χ4v) is 1.45. The molecule has 1 saturated heterocycles. The Bertz CT molecular complexity index is 369. The van der Waals surface area contributed by atoms with Crippen molar-refractivity contribution in [2.45, 2.75) is 6.10 Å².